The molecule has 1 fully saturated rings. The molecular formula is C24H23BrN2O3. The van der Waals surface area contributed by atoms with Gasteiger partial charge >= 0.3 is 0 Å². The van der Waals surface area contributed by atoms with Crippen LogP contribution in [0, 0.1) is 5.92 Å². The maximum absolute atomic E-state index is 13.5. The lowest BCUT2D eigenvalue weighted by Gasteiger charge is -2.36. The molecule has 2 aliphatic rings. The van der Waals surface area contributed by atoms with Crippen LogP contribution in [0.25, 0.3) is 0 Å². The number of rotatable bonds is 4. The first-order valence-corrected chi connectivity index (χ1v) is 10.8. The summed E-state index contributed by atoms with van der Waals surface area (Å²) < 4.78 is 6.25. The lowest BCUT2D eigenvalue weighted by molar-refractivity contribution is -0.122. The number of ether oxygens (including phenoxy) is 1. The molecule has 1 amide bonds. The third kappa shape index (κ3) is 3.72. The van der Waals surface area contributed by atoms with E-state index in [2.05, 4.69) is 21.2 Å². The summed E-state index contributed by atoms with van der Waals surface area (Å²) in [4.78, 5) is 31.2. The van der Waals surface area contributed by atoms with Gasteiger partial charge in [-0.1, -0.05) is 46.3 Å². The normalized spacial score (nSPS) is 21.0. The van der Waals surface area contributed by atoms with Crippen LogP contribution in [0.3, 0.4) is 0 Å². The SMILES string of the molecule is COc1ccccc1NC(=O)C1=C(C)N=C2CCCC(=O)[C@@H]2[C@H]1c1ccccc1Br. The zero-order valence-electron chi connectivity index (χ0n) is 16.9. The Kier molecular flexibility index (Phi) is 5.86. The molecule has 0 radical (unpaired) electrons. The number of nitrogens with one attached hydrogen (secondary N) is 1. The summed E-state index contributed by atoms with van der Waals surface area (Å²) >= 11 is 3.63. The fourth-order valence-electron chi connectivity index (χ4n) is 4.42. The number of methoxy groups -OCH3 is 1. The standard InChI is InChI=1S/C24H23BrN2O3/c1-14-21(24(29)27-17-10-5-6-13-20(17)30-2)22(15-8-3-4-9-16(15)25)23-18(26-14)11-7-12-19(23)28/h3-6,8-10,13,22-23H,7,11-12H2,1-2H3,(H,27,29)/t22-,23+/m0/s1. The summed E-state index contributed by atoms with van der Waals surface area (Å²) in [5.41, 5.74) is 3.58. The van der Waals surface area contributed by atoms with Gasteiger partial charge in [0.2, 0.25) is 0 Å². The Balaban J connectivity index is 1.82. The van der Waals surface area contributed by atoms with Crippen LogP contribution in [0.2, 0.25) is 0 Å². The van der Waals surface area contributed by atoms with Crippen molar-refractivity contribution in [3.63, 3.8) is 0 Å². The number of nitrogens with zero attached hydrogens (tertiary/aromatic N) is 1. The fraction of sp³-hybridized carbons (Fsp3) is 0.292. The molecule has 1 heterocycles. The molecule has 0 spiro atoms. The zero-order valence-corrected chi connectivity index (χ0v) is 18.5. The predicted octanol–water partition coefficient (Wildman–Crippen LogP) is 5.28. The molecule has 1 aliphatic heterocycles. The van der Waals surface area contributed by atoms with Crippen molar-refractivity contribution >= 4 is 39.0 Å². The molecule has 2 aromatic rings. The molecule has 0 bridgehead atoms. The molecule has 1 N–H and O–H groups in total. The summed E-state index contributed by atoms with van der Waals surface area (Å²) in [5, 5.41) is 2.97. The van der Waals surface area contributed by atoms with Gasteiger partial charge in [-0.25, -0.2) is 0 Å². The Morgan fingerprint density at radius 2 is 1.83 bits per heavy atom. The van der Waals surface area contributed by atoms with E-state index in [0.29, 0.717) is 29.1 Å². The van der Waals surface area contributed by atoms with Gasteiger partial charge in [0, 0.05) is 33.8 Å². The molecule has 154 valence electrons. The van der Waals surface area contributed by atoms with Gasteiger partial charge in [-0.2, -0.15) is 0 Å². The number of amides is 1. The minimum absolute atomic E-state index is 0.149. The van der Waals surface area contributed by atoms with E-state index >= 15 is 0 Å². The van der Waals surface area contributed by atoms with E-state index in [1.54, 1.807) is 19.2 Å². The molecule has 0 unspecified atom stereocenters. The number of carbonyl (C=O) groups excluding carboxylic acids is 2. The number of halogens is 1. The summed E-state index contributed by atoms with van der Waals surface area (Å²) in [6.45, 7) is 1.85. The lowest BCUT2D eigenvalue weighted by atomic mass is 9.69. The van der Waals surface area contributed by atoms with Crippen LogP contribution in [-0.2, 0) is 9.59 Å². The summed E-state index contributed by atoms with van der Waals surface area (Å²) in [7, 11) is 1.57. The van der Waals surface area contributed by atoms with Crippen molar-refractivity contribution in [1.82, 2.24) is 0 Å². The van der Waals surface area contributed by atoms with Crippen LogP contribution in [0.5, 0.6) is 5.75 Å². The van der Waals surface area contributed by atoms with Crippen LogP contribution in [0.15, 0.2) is 69.3 Å². The van der Waals surface area contributed by atoms with E-state index < -0.39 is 5.92 Å². The second-order valence-corrected chi connectivity index (χ2v) is 8.41. The first-order valence-electron chi connectivity index (χ1n) is 10.0. The largest absolute Gasteiger partial charge is 0.495 e. The van der Waals surface area contributed by atoms with E-state index in [4.69, 9.17) is 9.73 Å². The highest BCUT2D eigenvalue weighted by atomic mass is 79.9. The van der Waals surface area contributed by atoms with Crippen molar-refractivity contribution in [2.45, 2.75) is 32.1 Å². The number of hydrogen-bond donors (Lipinski definition) is 1. The molecule has 0 saturated heterocycles. The minimum atomic E-state index is -0.403. The molecule has 4 rings (SSSR count). The number of hydrogen-bond acceptors (Lipinski definition) is 4. The van der Waals surface area contributed by atoms with Crippen molar-refractivity contribution in [3.05, 3.63) is 69.8 Å². The van der Waals surface area contributed by atoms with Crippen molar-refractivity contribution in [2.24, 2.45) is 10.9 Å². The Bertz CT molecular complexity index is 1070. The van der Waals surface area contributed by atoms with Crippen LogP contribution < -0.4 is 10.1 Å². The van der Waals surface area contributed by atoms with Crippen LogP contribution >= 0.6 is 15.9 Å². The van der Waals surface area contributed by atoms with E-state index in [0.717, 1.165) is 28.6 Å². The maximum Gasteiger partial charge on any atom is 0.254 e. The van der Waals surface area contributed by atoms with E-state index in [1.165, 1.54) is 0 Å². The second kappa shape index (κ2) is 8.56. The summed E-state index contributed by atoms with van der Waals surface area (Å²) in [6.07, 6.45) is 2.12. The summed E-state index contributed by atoms with van der Waals surface area (Å²) in [5.74, 6) is -0.319. The van der Waals surface area contributed by atoms with Gasteiger partial charge in [0.25, 0.3) is 5.91 Å². The quantitative estimate of drug-likeness (QED) is 0.666. The van der Waals surface area contributed by atoms with E-state index in [1.807, 2.05) is 43.3 Å². The molecule has 1 saturated carbocycles. The number of Topliss-reactive ketones (excluding diaryl/α,β-unsaturated/α-hetero) is 1. The number of para-hydroxylation sites is 2. The van der Waals surface area contributed by atoms with Crippen LogP contribution in [0.1, 0.15) is 37.7 Å². The topological polar surface area (TPSA) is 67.8 Å². The van der Waals surface area contributed by atoms with E-state index in [9.17, 15) is 9.59 Å². The van der Waals surface area contributed by atoms with Crippen molar-refractivity contribution in [1.29, 1.82) is 0 Å². The van der Waals surface area contributed by atoms with E-state index in [-0.39, 0.29) is 17.6 Å². The van der Waals surface area contributed by atoms with Crippen molar-refractivity contribution in [2.75, 3.05) is 12.4 Å². The van der Waals surface area contributed by atoms with Crippen LogP contribution in [0.4, 0.5) is 5.69 Å². The maximum atomic E-state index is 13.5. The van der Waals surface area contributed by atoms with Crippen molar-refractivity contribution < 1.29 is 14.3 Å². The molecular weight excluding hydrogens is 444 g/mol. The number of ketones is 1. The molecule has 5 nitrogen and oxygen atoms in total. The highest BCUT2D eigenvalue weighted by Gasteiger charge is 2.43. The highest BCUT2D eigenvalue weighted by molar-refractivity contribution is 9.10. The Hall–Kier alpha value is -2.73. The molecule has 30 heavy (non-hydrogen) atoms. The minimum Gasteiger partial charge on any atom is -0.495 e. The predicted molar refractivity (Wildman–Crippen MR) is 121 cm³/mol. The number of fused-ring (bicyclic) bond motifs is 1. The summed E-state index contributed by atoms with van der Waals surface area (Å²) in [6, 6.07) is 15.1. The van der Waals surface area contributed by atoms with Gasteiger partial charge in [0.1, 0.15) is 11.5 Å². The third-order valence-electron chi connectivity index (χ3n) is 5.75. The number of aliphatic imine (C=N–C) groups is 1. The zero-order chi connectivity index (χ0) is 21.3. The third-order valence-corrected chi connectivity index (χ3v) is 6.47. The Morgan fingerprint density at radius 3 is 2.60 bits per heavy atom. The van der Waals surface area contributed by atoms with Crippen LogP contribution in [-0.4, -0.2) is 24.5 Å². The first kappa shape index (κ1) is 20.5. The highest BCUT2D eigenvalue weighted by Crippen LogP contribution is 2.45. The van der Waals surface area contributed by atoms with Gasteiger partial charge in [0.15, 0.2) is 0 Å². The first-order chi connectivity index (χ1) is 14.5. The Morgan fingerprint density at radius 1 is 1.10 bits per heavy atom. The van der Waals surface area contributed by atoms with Gasteiger partial charge in [-0.3, -0.25) is 14.6 Å². The average molecular weight is 467 g/mol. The number of carbonyl (C=O) groups is 2. The second-order valence-electron chi connectivity index (χ2n) is 7.55. The average Bonchev–Trinajstić information content (AvgIpc) is 2.73. The molecule has 2 aromatic carbocycles. The number of anilines is 1. The van der Waals surface area contributed by atoms with Gasteiger partial charge in [-0.05, 0) is 43.5 Å². The molecule has 6 heteroatoms. The van der Waals surface area contributed by atoms with Gasteiger partial charge in [0.05, 0.1) is 18.7 Å². The monoisotopic (exact) mass is 466 g/mol. The van der Waals surface area contributed by atoms with Crippen molar-refractivity contribution in [3.8, 4) is 5.75 Å². The molecule has 2 atom stereocenters. The fourth-order valence-corrected chi connectivity index (χ4v) is 4.95. The lowest BCUT2D eigenvalue weighted by Crippen LogP contribution is -2.39. The number of benzene rings is 2. The molecule has 0 aromatic heterocycles. The Labute approximate surface area is 184 Å². The smallest absolute Gasteiger partial charge is 0.254 e. The van der Waals surface area contributed by atoms with Gasteiger partial charge < -0.3 is 10.1 Å². The van der Waals surface area contributed by atoms with Gasteiger partial charge in [-0.15, -0.1) is 0 Å². The molecule has 1 aliphatic carbocycles. The number of allylic oxidation sites excluding steroid dienone is 1.